The van der Waals surface area contributed by atoms with E-state index in [1.807, 2.05) is 48.7 Å². The monoisotopic (exact) mass is 364 g/mol. The molecule has 5 rings (SSSR count). The number of nitrogens with zero attached hydrogens (tertiary/aromatic N) is 2. The van der Waals surface area contributed by atoms with Crippen LogP contribution in [0.2, 0.25) is 0 Å². The Kier molecular flexibility index (Phi) is 3.53. The predicted octanol–water partition coefficient (Wildman–Crippen LogP) is 3.32. The molecule has 0 spiro atoms. The lowest BCUT2D eigenvalue weighted by Crippen LogP contribution is -2.29. The summed E-state index contributed by atoms with van der Waals surface area (Å²) in [5.41, 5.74) is 2.95. The van der Waals surface area contributed by atoms with Gasteiger partial charge in [0.05, 0.1) is 11.7 Å². The number of rotatable bonds is 3. The number of nitrogens with one attached hydrogen (secondary N) is 2. The van der Waals surface area contributed by atoms with Crippen LogP contribution in [0.4, 0.5) is 5.69 Å². The van der Waals surface area contributed by atoms with Crippen molar-refractivity contribution >= 4 is 23.0 Å². The molecule has 7 heteroatoms. The van der Waals surface area contributed by atoms with Gasteiger partial charge in [0.25, 0.3) is 0 Å². The van der Waals surface area contributed by atoms with Crippen LogP contribution >= 0.6 is 12.2 Å². The number of H-pyrrole nitrogens is 1. The molecule has 2 aliphatic rings. The normalized spacial score (nSPS) is 21.1. The summed E-state index contributed by atoms with van der Waals surface area (Å²) in [6.07, 6.45) is 3.72. The molecule has 2 aliphatic heterocycles. The lowest BCUT2D eigenvalue weighted by molar-refractivity contribution is 0.174. The molecule has 0 bridgehead atoms. The number of pyridine rings is 1. The molecule has 26 heavy (non-hydrogen) atoms. The van der Waals surface area contributed by atoms with Gasteiger partial charge in [0, 0.05) is 29.8 Å². The second-order valence-corrected chi connectivity index (χ2v) is 6.55. The standard InChI is InChI=1S/C19H16N4O2S/c26-19-22-17(13-4-1-2-8-20-13)18(14-5-3-9-21-14)23(19)12-6-7-15-16(10-12)25-11-24-15/h1-10,17-18,21H,11H2,(H,22,26)/t17-,18+/m0/s1. The Balaban J connectivity index is 1.60. The molecule has 0 aliphatic carbocycles. The minimum Gasteiger partial charge on any atom is -0.454 e. The average molecular weight is 364 g/mol. The fourth-order valence-corrected chi connectivity index (χ4v) is 3.86. The maximum atomic E-state index is 5.68. The Bertz CT molecular complexity index is 945. The molecular weight excluding hydrogens is 348 g/mol. The van der Waals surface area contributed by atoms with Crippen molar-refractivity contribution in [3.8, 4) is 11.5 Å². The average Bonchev–Trinajstić information content (AvgIpc) is 3.41. The van der Waals surface area contributed by atoms with Gasteiger partial charge in [-0.3, -0.25) is 4.98 Å². The quantitative estimate of drug-likeness (QED) is 0.695. The van der Waals surface area contributed by atoms with Crippen LogP contribution in [-0.2, 0) is 0 Å². The summed E-state index contributed by atoms with van der Waals surface area (Å²) in [5, 5.41) is 4.08. The van der Waals surface area contributed by atoms with Gasteiger partial charge in [-0.15, -0.1) is 0 Å². The van der Waals surface area contributed by atoms with Gasteiger partial charge in [0.2, 0.25) is 6.79 Å². The van der Waals surface area contributed by atoms with Gasteiger partial charge in [0.1, 0.15) is 6.04 Å². The molecule has 0 amide bonds. The van der Waals surface area contributed by atoms with E-state index in [0.717, 1.165) is 28.6 Å². The topological polar surface area (TPSA) is 62.4 Å². The summed E-state index contributed by atoms with van der Waals surface area (Å²) < 4.78 is 11.0. The number of fused-ring (bicyclic) bond motifs is 1. The molecule has 6 nitrogen and oxygen atoms in total. The van der Waals surface area contributed by atoms with E-state index in [0.29, 0.717) is 5.11 Å². The summed E-state index contributed by atoms with van der Waals surface area (Å²) in [4.78, 5) is 9.96. The maximum absolute atomic E-state index is 5.68. The first-order chi connectivity index (χ1) is 12.8. The summed E-state index contributed by atoms with van der Waals surface area (Å²) in [6, 6.07) is 15.7. The molecule has 1 fully saturated rings. The van der Waals surface area contributed by atoms with Gasteiger partial charge in [-0.25, -0.2) is 0 Å². The van der Waals surface area contributed by atoms with Crippen LogP contribution in [-0.4, -0.2) is 21.9 Å². The SMILES string of the molecule is S=C1N[C@@H](c2ccccn2)[C@@H](c2ccc[nH]2)N1c1ccc2c(c1)OCO2. The zero-order valence-corrected chi connectivity index (χ0v) is 14.6. The number of aromatic amines is 1. The van der Waals surface area contributed by atoms with E-state index in [1.165, 1.54) is 0 Å². The van der Waals surface area contributed by atoms with E-state index in [4.69, 9.17) is 21.7 Å². The highest BCUT2D eigenvalue weighted by Crippen LogP contribution is 2.43. The summed E-state index contributed by atoms with van der Waals surface area (Å²) in [6.45, 7) is 0.248. The van der Waals surface area contributed by atoms with Gasteiger partial charge in [-0.2, -0.15) is 0 Å². The lowest BCUT2D eigenvalue weighted by atomic mass is 10.0. The molecule has 2 aromatic heterocycles. The molecule has 1 saturated heterocycles. The summed E-state index contributed by atoms with van der Waals surface area (Å²) >= 11 is 5.68. The predicted molar refractivity (Wildman–Crippen MR) is 101 cm³/mol. The van der Waals surface area contributed by atoms with Crippen molar-refractivity contribution in [1.82, 2.24) is 15.3 Å². The number of thiocarbonyl (C=S) groups is 1. The first kappa shape index (κ1) is 15.2. The molecule has 0 radical (unpaired) electrons. The minimum atomic E-state index is -0.0622. The molecule has 130 valence electrons. The Morgan fingerprint density at radius 1 is 1.08 bits per heavy atom. The van der Waals surface area contributed by atoms with Crippen LogP contribution in [0.5, 0.6) is 11.5 Å². The van der Waals surface area contributed by atoms with Crippen molar-refractivity contribution in [3.05, 3.63) is 72.3 Å². The zero-order valence-electron chi connectivity index (χ0n) is 13.8. The van der Waals surface area contributed by atoms with E-state index in [-0.39, 0.29) is 18.9 Å². The molecular formula is C19H16N4O2S. The Labute approximate surface area is 155 Å². The van der Waals surface area contributed by atoms with Crippen molar-refractivity contribution in [2.45, 2.75) is 12.1 Å². The molecule has 2 atom stereocenters. The number of aromatic nitrogens is 2. The third-order valence-corrected chi connectivity index (χ3v) is 4.99. The van der Waals surface area contributed by atoms with Gasteiger partial charge in [-0.05, 0) is 48.6 Å². The van der Waals surface area contributed by atoms with Crippen LogP contribution in [0.3, 0.4) is 0 Å². The van der Waals surface area contributed by atoms with Gasteiger partial charge >= 0.3 is 0 Å². The number of hydrogen-bond donors (Lipinski definition) is 2. The van der Waals surface area contributed by atoms with Crippen LogP contribution in [0.15, 0.2) is 60.9 Å². The zero-order chi connectivity index (χ0) is 17.5. The van der Waals surface area contributed by atoms with Crippen molar-refractivity contribution in [2.75, 3.05) is 11.7 Å². The number of hydrogen-bond acceptors (Lipinski definition) is 4. The maximum Gasteiger partial charge on any atom is 0.231 e. The largest absolute Gasteiger partial charge is 0.454 e. The van der Waals surface area contributed by atoms with Crippen molar-refractivity contribution in [3.63, 3.8) is 0 Å². The van der Waals surface area contributed by atoms with Crippen molar-refractivity contribution < 1.29 is 9.47 Å². The number of benzene rings is 1. The summed E-state index contributed by atoms with van der Waals surface area (Å²) in [5.74, 6) is 1.49. The smallest absolute Gasteiger partial charge is 0.231 e. The Hall–Kier alpha value is -3.06. The van der Waals surface area contributed by atoms with E-state index in [9.17, 15) is 0 Å². The third kappa shape index (κ3) is 2.40. The first-order valence-corrected chi connectivity index (χ1v) is 8.76. The molecule has 0 unspecified atom stereocenters. The highest BCUT2D eigenvalue weighted by molar-refractivity contribution is 7.80. The van der Waals surface area contributed by atoms with Gasteiger partial charge in [0.15, 0.2) is 16.6 Å². The third-order valence-electron chi connectivity index (χ3n) is 4.67. The van der Waals surface area contributed by atoms with Crippen molar-refractivity contribution in [1.29, 1.82) is 0 Å². The molecule has 2 N–H and O–H groups in total. The molecule has 3 aromatic rings. The van der Waals surface area contributed by atoms with E-state index in [1.54, 1.807) is 6.20 Å². The highest BCUT2D eigenvalue weighted by Gasteiger charge is 2.41. The van der Waals surface area contributed by atoms with E-state index in [2.05, 4.69) is 26.3 Å². The highest BCUT2D eigenvalue weighted by atomic mass is 32.1. The van der Waals surface area contributed by atoms with E-state index >= 15 is 0 Å². The molecule has 0 saturated carbocycles. The van der Waals surface area contributed by atoms with Crippen molar-refractivity contribution in [2.24, 2.45) is 0 Å². The second kappa shape index (κ2) is 6.03. The second-order valence-electron chi connectivity index (χ2n) is 6.16. The Morgan fingerprint density at radius 3 is 2.81 bits per heavy atom. The number of ether oxygens (including phenoxy) is 2. The lowest BCUT2D eigenvalue weighted by Gasteiger charge is -2.27. The fourth-order valence-electron chi connectivity index (χ4n) is 3.51. The van der Waals surface area contributed by atoms with Crippen LogP contribution in [0, 0.1) is 0 Å². The van der Waals surface area contributed by atoms with Gasteiger partial charge < -0.3 is 24.7 Å². The Morgan fingerprint density at radius 2 is 2.00 bits per heavy atom. The minimum absolute atomic E-state index is 0.0484. The molecule has 1 aromatic carbocycles. The summed E-state index contributed by atoms with van der Waals surface area (Å²) in [7, 11) is 0. The van der Waals surface area contributed by atoms with Crippen LogP contribution < -0.4 is 19.7 Å². The van der Waals surface area contributed by atoms with Crippen LogP contribution in [0.1, 0.15) is 23.5 Å². The molecule has 4 heterocycles. The first-order valence-electron chi connectivity index (χ1n) is 8.35. The van der Waals surface area contributed by atoms with Gasteiger partial charge in [-0.1, -0.05) is 6.07 Å². The fraction of sp³-hybridized carbons (Fsp3) is 0.158. The number of anilines is 1. The van der Waals surface area contributed by atoms with E-state index < -0.39 is 0 Å². The van der Waals surface area contributed by atoms with Crippen LogP contribution in [0.25, 0.3) is 0 Å².